The van der Waals surface area contributed by atoms with Crippen LogP contribution in [0.25, 0.3) is 0 Å². The first kappa shape index (κ1) is 45.3. The van der Waals surface area contributed by atoms with Crippen molar-refractivity contribution in [3.05, 3.63) is 119 Å². The molecular weight excluding hydrogens is 815 g/mol. The molecule has 3 fully saturated rings. The van der Waals surface area contributed by atoms with Crippen molar-refractivity contribution in [3.8, 4) is 0 Å². The lowest BCUT2D eigenvalue weighted by Gasteiger charge is -2.68. The van der Waals surface area contributed by atoms with Crippen LogP contribution in [0.4, 0.5) is 0 Å². The van der Waals surface area contributed by atoms with Crippen molar-refractivity contribution in [2.75, 3.05) is 6.61 Å². The lowest BCUT2D eigenvalue weighted by atomic mass is 9.43. The highest BCUT2D eigenvalue weighted by Crippen LogP contribution is 2.66. The van der Waals surface area contributed by atoms with Crippen molar-refractivity contribution in [1.29, 1.82) is 0 Å². The fourth-order valence-corrected chi connectivity index (χ4v) is 10.9. The Kier molecular flexibility index (Phi) is 11.8. The zero-order chi connectivity index (χ0) is 45.9. The van der Waals surface area contributed by atoms with Crippen LogP contribution in [-0.2, 0) is 42.9 Å². The normalized spacial score (nSPS) is 32.7. The van der Waals surface area contributed by atoms with E-state index in [0.29, 0.717) is 5.56 Å². The summed E-state index contributed by atoms with van der Waals surface area (Å²) >= 11 is 0. The molecule has 1 amide bonds. The zero-order valence-corrected chi connectivity index (χ0v) is 36.2. The first-order valence-corrected chi connectivity index (χ1v) is 20.9. The number of carbonyl (C=O) groups excluding carboxylic acids is 6. The van der Waals surface area contributed by atoms with Crippen molar-refractivity contribution >= 4 is 35.6 Å². The number of Topliss-reactive ketones (excluding diaryl/α,β-unsaturated/α-hetero) is 1. The minimum Gasteiger partial charge on any atom is -0.456 e. The third kappa shape index (κ3) is 7.34. The predicted octanol–water partition coefficient (Wildman–Crippen LogP) is 4.13. The van der Waals surface area contributed by atoms with E-state index in [0.717, 1.165) is 13.8 Å². The number of rotatable bonds is 10. The minimum atomic E-state index is -2.42. The molecule has 2 saturated carbocycles. The van der Waals surface area contributed by atoms with Crippen molar-refractivity contribution < 1.29 is 67.8 Å². The number of ketones is 1. The Morgan fingerprint density at radius 2 is 1.37 bits per heavy atom. The summed E-state index contributed by atoms with van der Waals surface area (Å²) in [6, 6.07) is 22.9. The molecular formula is C48H53NO14. The van der Waals surface area contributed by atoms with Gasteiger partial charge in [0.15, 0.2) is 23.1 Å². The number of amides is 1. The van der Waals surface area contributed by atoms with Gasteiger partial charge in [-0.15, -0.1) is 0 Å². The molecule has 15 heteroatoms. The largest absolute Gasteiger partial charge is 0.456 e. The fourth-order valence-electron chi connectivity index (χ4n) is 10.9. The zero-order valence-electron chi connectivity index (χ0n) is 36.2. The predicted molar refractivity (Wildman–Crippen MR) is 222 cm³/mol. The molecule has 3 aromatic carbocycles. The molecule has 334 valence electrons. The number of ether oxygens (including phenoxy) is 5. The number of aliphatic hydroxyl groups excluding tert-OH is 2. The van der Waals surface area contributed by atoms with Gasteiger partial charge in [-0.05, 0) is 61.7 Å². The maximum atomic E-state index is 15.8. The quantitative estimate of drug-likeness (QED) is 0.128. The smallest absolute Gasteiger partial charge is 0.338 e. The highest BCUT2D eigenvalue weighted by Gasteiger charge is 2.80. The van der Waals surface area contributed by atoms with Crippen LogP contribution in [0.2, 0.25) is 0 Å². The summed E-state index contributed by atoms with van der Waals surface area (Å²) in [5, 5.41) is 40.5. The van der Waals surface area contributed by atoms with Crippen LogP contribution >= 0.6 is 0 Å². The van der Waals surface area contributed by atoms with E-state index < -0.39 is 112 Å². The Labute approximate surface area is 364 Å². The van der Waals surface area contributed by atoms with E-state index >= 15 is 4.79 Å². The molecule has 3 aliphatic carbocycles. The lowest BCUT2D eigenvalue weighted by molar-refractivity contribution is -0.347. The molecule has 1 saturated heterocycles. The van der Waals surface area contributed by atoms with Crippen LogP contribution in [-0.4, -0.2) is 105 Å². The van der Waals surface area contributed by atoms with Crippen LogP contribution in [0.1, 0.15) is 93.6 Å². The fraction of sp³-hybridized carbons (Fsp3) is 0.458. The second-order valence-electron chi connectivity index (χ2n) is 17.9. The standard InChI is InChI=1S/C48H53NO14/c1-26-32(60-42(56)36(53)35(29-17-11-8-12-18-29)49-40(54)30-19-13-9-14-20-30)24-48(58)39(61-41(55)31-21-15-10-16-22-31)38-45(6,33(52)23-34-47(38,25-59-34)63-28(3)51)43(57)46(7,62-27(2)50)37(26)44(48,4)5/h8-22,32-36,38-39,52-53,58H,23-25H2,1-7H3,(H,49,54)/t32-,33-,34+,35-,36+,38-,39-,45+,46?,47-,48+/m0/s1. The summed E-state index contributed by atoms with van der Waals surface area (Å²) in [6.07, 6.45) is -8.79. The van der Waals surface area contributed by atoms with Gasteiger partial charge in [0.2, 0.25) is 0 Å². The average Bonchev–Trinajstić information content (AvgIpc) is 3.24. The number of nitrogens with one attached hydrogen (secondary N) is 1. The molecule has 15 nitrogen and oxygen atoms in total. The van der Waals surface area contributed by atoms with Gasteiger partial charge in [0, 0.05) is 37.7 Å². The van der Waals surface area contributed by atoms with Gasteiger partial charge in [0.05, 0.1) is 35.6 Å². The van der Waals surface area contributed by atoms with Crippen molar-refractivity contribution in [3.63, 3.8) is 0 Å². The first-order valence-electron chi connectivity index (χ1n) is 20.9. The average molecular weight is 868 g/mol. The topological polar surface area (TPSA) is 221 Å². The highest BCUT2D eigenvalue weighted by atomic mass is 16.6. The van der Waals surface area contributed by atoms with Gasteiger partial charge >= 0.3 is 23.9 Å². The van der Waals surface area contributed by atoms with E-state index in [1.807, 2.05) is 0 Å². The number of esters is 4. The van der Waals surface area contributed by atoms with Crippen LogP contribution in [0.15, 0.2) is 102 Å². The molecule has 4 N–H and O–H groups in total. The van der Waals surface area contributed by atoms with E-state index in [9.17, 15) is 39.3 Å². The highest BCUT2D eigenvalue weighted by molar-refractivity contribution is 5.99. The summed E-state index contributed by atoms with van der Waals surface area (Å²) in [7, 11) is 0. The van der Waals surface area contributed by atoms with Gasteiger partial charge in [0.1, 0.15) is 23.9 Å². The molecule has 4 aliphatic rings. The number of benzene rings is 3. The number of aliphatic hydroxyl groups is 3. The maximum absolute atomic E-state index is 15.8. The minimum absolute atomic E-state index is 0.0191. The Balaban J connectivity index is 1.41. The van der Waals surface area contributed by atoms with E-state index in [1.165, 1.54) is 32.9 Å². The van der Waals surface area contributed by atoms with E-state index in [-0.39, 0.29) is 35.3 Å². The number of fused-ring (bicyclic) bond motifs is 5. The summed E-state index contributed by atoms with van der Waals surface area (Å²) in [5.74, 6) is -6.90. The van der Waals surface area contributed by atoms with Crippen molar-refractivity contribution in [1.82, 2.24) is 5.32 Å². The Morgan fingerprint density at radius 3 is 1.90 bits per heavy atom. The maximum Gasteiger partial charge on any atom is 0.338 e. The third-order valence-corrected chi connectivity index (χ3v) is 13.8. The second kappa shape index (κ2) is 16.4. The summed E-state index contributed by atoms with van der Waals surface area (Å²) in [6.45, 7) is 9.32. The number of hydrogen-bond donors (Lipinski definition) is 4. The molecule has 2 bridgehead atoms. The molecule has 3 aromatic rings. The van der Waals surface area contributed by atoms with Crippen LogP contribution in [0, 0.1) is 16.7 Å². The second-order valence-corrected chi connectivity index (χ2v) is 17.9. The van der Waals surface area contributed by atoms with E-state index in [1.54, 1.807) is 92.7 Å². The van der Waals surface area contributed by atoms with Gasteiger partial charge in [0.25, 0.3) is 5.91 Å². The van der Waals surface area contributed by atoms with Crippen molar-refractivity contribution in [2.45, 2.75) is 115 Å². The lowest BCUT2D eigenvalue weighted by Crippen LogP contribution is -2.82. The molecule has 0 radical (unpaired) electrons. The summed E-state index contributed by atoms with van der Waals surface area (Å²) in [5.41, 5.74) is -9.49. The Bertz CT molecular complexity index is 2330. The molecule has 0 aromatic heterocycles. The van der Waals surface area contributed by atoms with Gasteiger partial charge < -0.3 is 44.3 Å². The monoisotopic (exact) mass is 867 g/mol. The third-order valence-electron chi connectivity index (χ3n) is 13.8. The Hall–Kier alpha value is -5.74. The van der Waals surface area contributed by atoms with Crippen LogP contribution in [0.3, 0.4) is 0 Å². The molecule has 0 spiro atoms. The van der Waals surface area contributed by atoms with Crippen LogP contribution < -0.4 is 5.32 Å². The molecule has 1 heterocycles. The summed E-state index contributed by atoms with van der Waals surface area (Å²) in [4.78, 5) is 84.2. The van der Waals surface area contributed by atoms with Gasteiger partial charge in [-0.2, -0.15) is 0 Å². The van der Waals surface area contributed by atoms with Crippen LogP contribution in [0.5, 0.6) is 0 Å². The summed E-state index contributed by atoms with van der Waals surface area (Å²) < 4.78 is 30.6. The van der Waals surface area contributed by atoms with Crippen molar-refractivity contribution in [2.24, 2.45) is 16.7 Å². The Morgan fingerprint density at radius 1 is 0.810 bits per heavy atom. The first-order chi connectivity index (χ1) is 29.6. The van der Waals surface area contributed by atoms with Gasteiger partial charge in [-0.25, -0.2) is 9.59 Å². The molecule has 11 atom stereocenters. The number of hydrogen-bond acceptors (Lipinski definition) is 14. The van der Waals surface area contributed by atoms with Gasteiger partial charge in [-0.1, -0.05) is 80.6 Å². The van der Waals surface area contributed by atoms with E-state index in [4.69, 9.17) is 23.7 Å². The molecule has 1 aliphatic heterocycles. The molecule has 1 unspecified atom stereocenters. The SMILES string of the molecule is CC(=O)OC1(C)C(=O)[C@@]2(C)[C@H]([C@H](OC(=O)c3ccccc3)[C@]3(O)C[C@H](OC(=O)[C@H](O)[C@@H](NC(=O)c4ccccc4)c4ccccc4)C(C)=C1C3(C)C)[C@]1(OC(C)=O)CO[C@@H]1C[C@@H]2O. The van der Waals surface area contributed by atoms with E-state index in [2.05, 4.69) is 5.32 Å². The van der Waals surface area contributed by atoms with Gasteiger partial charge in [-0.3, -0.25) is 19.2 Å². The molecule has 63 heavy (non-hydrogen) atoms. The molecule has 7 rings (SSSR count). The number of carbonyl (C=O) groups is 6.